The third-order valence-electron chi connectivity index (χ3n) is 3.29. The Morgan fingerprint density at radius 3 is 2.36 bits per heavy atom. The number of nitrogens with two attached hydrogens (primary N) is 1. The molecule has 4 N–H and O–H groups in total. The van der Waals surface area contributed by atoms with Crippen LogP contribution in [0.15, 0.2) is 53.5 Å². The van der Waals surface area contributed by atoms with Gasteiger partial charge in [0.05, 0.1) is 12.1 Å². The number of halogens is 3. The Bertz CT molecular complexity index is 760. The SMILES string of the molecule is FC(F)(F)c1cccc(Nc2cccc(C3=NCCN3)c2)c1.NC=O. The Labute approximate surface area is 142 Å². The predicted octanol–water partition coefficient (Wildman–Crippen LogP) is 2.90. The van der Waals surface area contributed by atoms with Crippen LogP contribution in [-0.4, -0.2) is 25.3 Å². The van der Waals surface area contributed by atoms with Gasteiger partial charge in [0, 0.05) is 23.5 Å². The number of nitrogens with one attached hydrogen (secondary N) is 2. The number of nitrogens with zero attached hydrogens (tertiary/aromatic N) is 1. The molecule has 25 heavy (non-hydrogen) atoms. The van der Waals surface area contributed by atoms with E-state index in [1.54, 1.807) is 12.1 Å². The zero-order valence-corrected chi connectivity index (χ0v) is 13.2. The van der Waals surface area contributed by atoms with E-state index in [4.69, 9.17) is 4.79 Å². The fourth-order valence-corrected chi connectivity index (χ4v) is 2.28. The normalized spacial score (nSPS) is 13.2. The molecule has 3 rings (SSSR count). The molecule has 0 fully saturated rings. The second kappa shape index (κ2) is 8.18. The Morgan fingerprint density at radius 2 is 1.76 bits per heavy atom. The van der Waals surface area contributed by atoms with Crippen LogP contribution in [0.1, 0.15) is 11.1 Å². The maximum atomic E-state index is 12.7. The summed E-state index contributed by atoms with van der Waals surface area (Å²) in [6.45, 7) is 1.54. The van der Waals surface area contributed by atoms with Gasteiger partial charge in [-0.2, -0.15) is 13.2 Å². The maximum Gasteiger partial charge on any atom is 0.416 e. The maximum absolute atomic E-state index is 12.7. The summed E-state index contributed by atoms with van der Waals surface area (Å²) >= 11 is 0. The lowest BCUT2D eigenvalue weighted by molar-refractivity contribution is -0.137. The molecule has 1 amide bonds. The van der Waals surface area contributed by atoms with Crippen molar-refractivity contribution in [3.05, 3.63) is 59.7 Å². The molecule has 0 unspecified atom stereocenters. The van der Waals surface area contributed by atoms with Crippen LogP contribution in [0.2, 0.25) is 0 Å². The van der Waals surface area contributed by atoms with Gasteiger partial charge >= 0.3 is 6.18 Å². The van der Waals surface area contributed by atoms with Crippen molar-refractivity contribution in [2.24, 2.45) is 10.7 Å². The molecule has 0 saturated carbocycles. The van der Waals surface area contributed by atoms with E-state index >= 15 is 0 Å². The summed E-state index contributed by atoms with van der Waals surface area (Å²) in [5, 5.41) is 6.16. The third-order valence-corrected chi connectivity index (χ3v) is 3.29. The average molecular weight is 350 g/mol. The van der Waals surface area contributed by atoms with Crippen LogP contribution in [0.5, 0.6) is 0 Å². The minimum absolute atomic E-state index is 0.250. The van der Waals surface area contributed by atoms with E-state index < -0.39 is 11.7 Å². The molecule has 1 aliphatic heterocycles. The Hall–Kier alpha value is -3.03. The van der Waals surface area contributed by atoms with E-state index in [0.717, 1.165) is 36.6 Å². The summed E-state index contributed by atoms with van der Waals surface area (Å²) in [6.07, 6.45) is -4.10. The Kier molecular flexibility index (Phi) is 5.99. The number of primary amides is 1. The number of alkyl halides is 3. The lowest BCUT2D eigenvalue weighted by Crippen LogP contribution is -2.19. The highest BCUT2D eigenvalue weighted by Crippen LogP contribution is 2.31. The van der Waals surface area contributed by atoms with Gasteiger partial charge in [0.1, 0.15) is 5.84 Å². The summed E-state index contributed by atoms with van der Waals surface area (Å²) in [4.78, 5) is 12.9. The van der Waals surface area contributed by atoms with Gasteiger partial charge in [-0.3, -0.25) is 9.79 Å². The first-order valence-corrected chi connectivity index (χ1v) is 7.42. The van der Waals surface area contributed by atoms with E-state index in [1.165, 1.54) is 6.07 Å². The van der Waals surface area contributed by atoms with E-state index in [2.05, 4.69) is 21.4 Å². The number of benzene rings is 2. The average Bonchev–Trinajstić information content (AvgIpc) is 3.10. The van der Waals surface area contributed by atoms with Crippen LogP contribution >= 0.6 is 0 Å². The highest BCUT2D eigenvalue weighted by atomic mass is 19.4. The smallest absolute Gasteiger partial charge is 0.372 e. The van der Waals surface area contributed by atoms with E-state index in [1.807, 2.05) is 18.2 Å². The number of amides is 1. The number of aliphatic imine (C=N–C) groups is 1. The molecule has 2 aromatic rings. The lowest BCUT2D eigenvalue weighted by Gasteiger charge is -2.11. The number of amidine groups is 1. The second-order valence-corrected chi connectivity index (χ2v) is 5.08. The molecule has 0 aliphatic carbocycles. The topological polar surface area (TPSA) is 79.5 Å². The Balaban J connectivity index is 0.000000701. The van der Waals surface area contributed by atoms with Gasteiger partial charge in [-0.25, -0.2) is 0 Å². The second-order valence-electron chi connectivity index (χ2n) is 5.08. The van der Waals surface area contributed by atoms with Crippen molar-refractivity contribution >= 4 is 23.6 Å². The van der Waals surface area contributed by atoms with Gasteiger partial charge in [-0.05, 0) is 30.3 Å². The van der Waals surface area contributed by atoms with Crippen molar-refractivity contribution in [3.63, 3.8) is 0 Å². The molecule has 1 aliphatic rings. The Morgan fingerprint density at radius 1 is 1.12 bits per heavy atom. The monoisotopic (exact) mass is 350 g/mol. The van der Waals surface area contributed by atoms with Gasteiger partial charge in [0.15, 0.2) is 0 Å². The predicted molar refractivity (Wildman–Crippen MR) is 90.8 cm³/mol. The van der Waals surface area contributed by atoms with Crippen LogP contribution in [0, 0.1) is 0 Å². The number of hydrogen-bond acceptors (Lipinski definition) is 4. The molecule has 0 aromatic heterocycles. The lowest BCUT2D eigenvalue weighted by atomic mass is 10.1. The van der Waals surface area contributed by atoms with Gasteiger partial charge < -0.3 is 16.4 Å². The molecule has 0 spiro atoms. The molecular formula is C17H17F3N4O. The third kappa shape index (κ3) is 5.23. The van der Waals surface area contributed by atoms with Crippen molar-refractivity contribution in [1.82, 2.24) is 5.32 Å². The molecule has 5 nitrogen and oxygen atoms in total. The first-order chi connectivity index (χ1) is 11.9. The van der Waals surface area contributed by atoms with Crippen LogP contribution in [-0.2, 0) is 11.0 Å². The van der Waals surface area contributed by atoms with E-state index in [9.17, 15) is 13.2 Å². The van der Waals surface area contributed by atoms with E-state index in [0.29, 0.717) is 11.4 Å². The fourth-order valence-electron chi connectivity index (χ4n) is 2.28. The van der Waals surface area contributed by atoms with Crippen molar-refractivity contribution in [2.45, 2.75) is 6.18 Å². The molecule has 0 radical (unpaired) electrons. The molecule has 1 heterocycles. The van der Waals surface area contributed by atoms with Gasteiger partial charge in [-0.15, -0.1) is 0 Å². The highest BCUT2D eigenvalue weighted by molar-refractivity contribution is 6.00. The summed E-state index contributed by atoms with van der Waals surface area (Å²) < 4.78 is 38.2. The first kappa shape index (κ1) is 18.3. The van der Waals surface area contributed by atoms with Crippen LogP contribution < -0.4 is 16.4 Å². The summed E-state index contributed by atoms with van der Waals surface area (Å²) in [6, 6.07) is 12.6. The van der Waals surface area contributed by atoms with Crippen LogP contribution in [0.3, 0.4) is 0 Å². The zero-order valence-electron chi connectivity index (χ0n) is 13.2. The van der Waals surface area contributed by atoms with E-state index in [-0.39, 0.29) is 6.41 Å². The van der Waals surface area contributed by atoms with Crippen molar-refractivity contribution in [3.8, 4) is 0 Å². The van der Waals surface area contributed by atoms with Crippen molar-refractivity contribution < 1.29 is 18.0 Å². The van der Waals surface area contributed by atoms with Gasteiger partial charge in [-0.1, -0.05) is 18.2 Å². The summed E-state index contributed by atoms with van der Waals surface area (Å²) in [5.41, 5.74) is 5.52. The molecular weight excluding hydrogens is 333 g/mol. The molecule has 8 heteroatoms. The highest BCUT2D eigenvalue weighted by Gasteiger charge is 2.30. The van der Waals surface area contributed by atoms with Crippen LogP contribution in [0.4, 0.5) is 24.5 Å². The largest absolute Gasteiger partial charge is 0.416 e. The minimum Gasteiger partial charge on any atom is -0.372 e. The van der Waals surface area contributed by atoms with Crippen molar-refractivity contribution in [1.29, 1.82) is 0 Å². The number of anilines is 2. The fraction of sp³-hybridized carbons (Fsp3) is 0.176. The first-order valence-electron chi connectivity index (χ1n) is 7.42. The van der Waals surface area contributed by atoms with Crippen LogP contribution in [0.25, 0.3) is 0 Å². The summed E-state index contributed by atoms with van der Waals surface area (Å²) in [5.74, 6) is 0.813. The molecule has 132 valence electrons. The molecule has 0 bridgehead atoms. The number of hydrogen-bond donors (Lipinski definition) is 3. The zero-order chi connectivity index (χ0) is 18.3. The number of carbonyl (C=O) groups is 1. The summed E-state index contributed by atoms with van der Waals surface area (Å²) in [7, 11) is 0. The minimum atomic E-state index is -4.35. The molecule has 0 atom stereocenters. The van der Waals surface area contributed by atoms with Gasteiger partial charge in [0.25, 0.3) is 0 Å². The van der Waals surface area contributed by atoms with Gasteiger partial charge in [0.2, 0.25) is 6.41 Å². The number of rotatable bonds is 3. The standard InChI is InChI=1S/C16H14F3N3.CH3NO/c17-16(18,19)12-4-2-6-14(10-12)22-13-5-1-3-11(9-13)15-20-7-8-21-15;2-1-3/h1-6,9-10,22H,7-8H2,(H,20,21);1H,(H2,2,3). The number of carbonyl (C=O) groups excluding carboxylic acids is 1. The quantitative estimate of drug-likeness (QED) is 0.745. The van der Waals surface area contributed by atoms with Crippen molar-refractivity contribution in [2.75, 3.05) is 18.4 Å². The molecule has 2 aromatic carbocycles. The molecule has 0 saturated heterocycles.